The Balaban J connectivity index is 4.68. The Labute approximate surface area is 92.4 Å². The highest BCUT2D eigenvalue weighted by atomic mass is 19.4. The first-order valence-electron chi connectivity index (χ1n) is 5.21. The second-order valence-corrected chi connectivity index (χ2v) is 3.44. The minimum absolute atomic E-state index is 0.0759. The van der Waals surface area contributed by atoms with Gasteiger partial charge in [-0.1, -0.05) is 13.3 Å². The van der Waals surface area contributed by atoms with Crippen LogP contribution in [-0.4, -0.2) is 24.4 Å². The van der Waals surface area contributed by atoms with Gasteiger partial charge >= 0.3 is 6.18 Å². The molecule has 1 amide bonds. The van der Waals surface area contributed by atoms with Crippen LogP contribution in [0.2, 0.25) is 0 Å². The van der Waals surface area contributed by atoms with Crippen LogP contribution in [-0.2, 0) is 9.59 Å². The Hall–Kier alpha value is -1.07. The van der Waals surface area contributed by atoms with Crippen molar-refractivity contribution < 1.29 is 22.8 Å². The number of unbranched alkanes of at least 4 members (excludes halogenated alkanes) is 1. The molecule has 3 nitrogen and oxygen atoms in total. The molecule has 0 aromatic carbocycles. The second-order valence-electron chi connectivity index (χ2n) is 3.44. The molecule has 0 saturated carbocycles. The molecule has 1 N–H and O–H groups in total. The largest absolute Gasteiger partial charge is 0.407 e. The van der Waals surface area contributed by atoms with Crippen molar-refractivity contribution >= 4 is 11.7 Å². The normalized spacial score (nSPS) is 13.3. The van der Waals surface area contributed by atoms with E-state index in [0.717, 1.165) is 0 Å². The third-order valence-electron chi connectivity index (χ3n) is 2.04. The number of ketones is 1. The Morgan fingerprint density at radius 3 is 2.19 bits per heavy atom. The van der Waals surface area contributed by atoms with Crippen LogP contribution in [0.25, 0.3) is 0 Å². The Morgan fingerprint density at radius 2 is 1.81 bits per heavy atom. The Kier molecular flexibility index (Phi) is 6.06. The zero-order valence-electron chi connectivity index (χ0n) is 9.36. The predicted molar refractivity (Wildman–Crippen MR) is 52.8 cm³/mol. The molecule has 0 aliphatic rings. The third kappa shape index (κ3) is 4.63. The van der Waals surface area contributed by atoms with E-state index in [1.54, 1.807) is 6.92 Å². The van der Waals surface area contributed by atoms with Gasteiger partial charge in [0.15, 0.2) is 11.7 Å². The lowest BCUT2D eigenvalue weighted by atomic mass is 9.98. The molecule has 16 heavy (non-hydrogen) atoms. The lowest BCUT2D eigenvalue weighted by molar-refractivity contribution is -0.186. The molecule has 0 spiro atoms. The summed E-state index contributed by atoms with van der Waals surface area (Å²) in [6.07, 6.45) is -4.03. The molecule has 0 radical (unpaired) electrons. The summed E-state index contributed by atoms with van der Waals surface area (Å²) in [5, 5.41) is 2.03. The molecule has 0 rings (SSSR count). The van der Waals surface area contributed by atoms with E-state index < -0.39 is 23.8 Å². The van der Waals surface area contributed by atoms with E-state index in [-0.39, 0.29) is 13.0 Å². The maximum absolute atomic E-state index is 12.5. The maximum Gasteiger partial charge on any atom is 0.407 e. The number of Topliss-reactive ketones (excluding diaryl/α,β-unsaturated/α-hetero) is 1. The van der Waals surface area contributed by atoms with Gasteiger partial charge < -0.3 is 5.32 Å². The molecule has 0 fully saturated rings. The van der Waals surface area contributed by atoms with E-state index in [1.165, 1.54) is 6.92 Å². The molecule has 0 aromatic rings. The van der Waals surface area contributed by atoms with Crippen LogP contribution >= 0.6 is 0 Å². The van der Waals surface area contributed by atoms with Gasteiger partial charge in [0.2, 0.25) is 5.91 Å². The fourth-order valence-corrected chi connectivity index (χ4v) is 1.25. The summed E-state index contributed by atoms with van der Waals surface area (Å²) in [4.78, 5) is 22.4. The number of amides is 1. The van der Waals surface area contributed by atoms with E-state index in [0.29, 0.717) is 12.8 Å². The molecule has 0 bridgehead atoms. The topological polar surface area (TPSA) is 46.2 Å². The van der Waals surface area contributed by atoms with Crippen molar-refractivity contribution in [3.8, 4) is 0 Å². The Bertz CT molecular complexity index is 251. The van der Waals surface area contributed by atoms with Crippen LogP contribution < -0.4 is 5.32 Å². The number of hydrogen-bond donors (Lipinski definition) is 1. The molecule has 0 aromatic heterocycles. The molecule has 0 saturated heterocycles. The van der Waals surface area contributed by atoms with Gasteiger partial charge in [-0.2, -0.15) is 13.2 Å². The molecule has 0 heterocycles. The van der Waals surface area contributed by atoms with Crippen LogP contribution in [0.4, 0.5) is 13.2 Å². The summed E-state index contributed by atoms with van der Waals surface area (Å²) in [6, 6.07) is 0. The standard InChI is InChI=1S/C10H16F3NO2/c1-3-5-6-7(15)8(10(11,12)13)9(16)14-4-2/h8H,3-6H2,1-2H3,(H,14,16). The van der Waals surface area contributed by atoms with E-state index >= 15 is 0 Å². The molecule has 1 unspecified atom stereocenters. The van der Waals surface area contributed by atoms with Gasteiger partial charge in [0.1, 0.15) is 0 Å². The molecule has 94 valence electrons. The molecule has 6 heteroatoms. The van der Waals surface area contributed by atoms with E-state index in [9.17, 15) is 22.8 Å². The average molecular weight is 239 g/mol. The highest BCUT2D eigenvalue weighted by Gasteiger charge is 2.48. The number of halogens is 3. The summed E-state index contributed by atoms with van der Waals surface area (Å²) in [6.45, 7) is 3.34. The van der Waals surface area contributed by atoms with Gasteiger partial charge in [-0.3, -0.25) is 9.59 Å². The predicted octanol–water partition coefficient (Wildman–Crippen LogP) is 2.06. The van der Waals surface area contributed by atoms with Crippen molar-refractivity contribution in [3.05, 3.63) is 0 Å². The summed E-state index contributed by atoms with van der Waals surface area (Å²) in [5.41, 5.74) is 0. The Morgan fingerprint density at radius 1 is 1.25 bits per heavy atom. The highest BCUT2D eigenvalue weighted by Crippen LogP contribution is 2.28. The number of nitrogens with one attached hydrogen (secondary N) is 1. The first-order chi connectivity index (χ1) is 7.34. The van der Waals surface area contributed by atoms with Crippen LogP contribution in [0.1, 0.15) is 33.1 Å². The van der Waals surface area contributed by atoms with E-state index in [1.807, 2.05) is 5.32 Å². The molecular weight excluding hydrogens is 223 g/mol. The van der Waals surface area contributed by atoms with Crippen LogP contribution in [0.3, 0.4) is 0 Å². The zero-order chi connectivity index (χ0) is 12.8. The summed E-state index contributed by atoms with van der Waals surface area (Å²) in [5.74, 6) is -4.82. The maximum atomic E-state index is 12.5. The van der Waals surface area contributed by atoms with Crippen molar-refractivity contribution in [2.45, 2.75) is 39.3 Å². The quantitative estimate of drug-likeness (QED) is 0.721. The zero-order valence-corrected chi connectivity index (χ0v) is 9.36. The first kappa shape index (κ1) is 14.9. The number of rotatable bonds is 6. The SMILES string of the molecule is CCCCC(=O)C(C(=O)NCC)C(F)(F)F. The van der Waals surface area contributed by atoms with Crippen LogP contribution in [0.5, 0.6) is 0 Å². The van der Waals surface area contributed by atoms with E-state index in [4.69, 9.17) is 0 Å². The van der Waals surface area contributed by atoms with Crippen molar-refractivity contribution in [1.29, 1.82) is 0 Å². The molecule has 0 aliphatic carbocycles. The number of carbonyl (C=O) groups is 2. The fraction of sp³-hybridized carbons (Fsp3) is 0.800. The lowest BCUT2D eigenvalue weighted by Gasteiger charge is -2.18. The lowest BCUT2D eigenvalue weighted by Crippen LogP contribution is -2.44. The monoisotopic (exact) mass is 239 g/mol. The second kappa shape index (κ2) is 6.50. The molecular formula is C10H16F3NO2. The summed E-state index contributed by atoms with van der Waals surface area (Å²) >= 11 is 0. The number of alkyl halides is 3. The smallest absolute Gasteiger partial charge is 0.355 e. The van der Waals surface area contributed by atoms with Crippen LogP contribution in [0, 0.1) is 5.92 Å². The van der Waals surface area contributed by atoms with Crippen molar-refractivity contribution in [2.75, 3.05) is 6.54 Å². The number of hydrogen-bond acceptors (Lipinski definition) is 2. The average Bonchev–Trinajstić information content (AvgIpc) is 2.13. The molecule has 1 atom stereocenters. The van der Waals surface area contributed by atoms with Gasteiger partial charge in [0, 0.05) is 13.0 Å². The van der Waals surface area contributed by atoms with Crippen molar-refractivity contribution in [1.82, 2.24) is 5.32 Å². The third-order valence-corrected chi connectivity index (χ3v) is 2.04. The van der Waals surface area contributed by atoms with Crippen molar-refractivity contribution in [3.63, 3.8) is 0 Å². The van der Waals surface area contributed by atoms with Gasteiger partial charge in [-0.05, 0) is 13.3 Å². The minimum atomic E-state index is -4.80. The van der Waals surface area contributed by atoms with Crippen molar-refractivity contribution in [2.24, 2.45) is 5.92 Å². The van der Waals surface area contributed by atoms with Gasteiger partial charge in [-0.15, -0.1) is 0 Å². The molecule has 0 aliphatic heterocycles. The van der Waals surface area contributed by atoms with Gasteiger partial charge in [-0.25, -0.2) is 0 Å². The first-order valence-corrected chi connectivity index (χ1v) is 5.21. The highest BCUT2D eigenvalue weighted by molar-refractivity contribution is 6.02. The number of carbonyl (C=O) groups excluding carboxylic acids is 2. The summed E-state index contributed by atoms with van der Waals surface area (Å²) in [7, 11) is 0. The fourth-order valence-electron chi connectivity index (χ4n) is 1.25. The minimum Gasteiger partial charge on any atom is -0.355 e. The summed E-state index contributed by atoms with van der Waals surface area (Å²) < 4.78 is 37.5. The van der Waals surface area contributed by atoms with Gasteiger partial charge in [0.05, 0.1) is 0 Å². The van der Waals surface area contributed by atoms with Crippen LogP contribution in [0.15, 0.2) is 0 Å². The van der Waals surface area contributed by atoms with E-state index in [2.05, 4.69) is 0 Å². The van der Waals surface area contributed by atoms with Gasteiger partial charge in [0.25, 0.3) is 0 Å².